The van der Waals surface area contributed by atoms with Gasteiger partial charge in [-0.2, -0.15) is 0 Å². The summed E-state index contributed by atoms with van der Waals surface area (Å²) in [5, 5.41) is 7.77. The molecule has 0 radical (unpaired) electrons. The molecule has 0 bridgehead atoms. The van der Waals surface area contributed by atoms with Crippen LogP contribution in [0.3, 0.4) is 0 Å². The minimum absolute atomic E-state index is 0.0226. The first-order valence-electron chi connectivity index (χ1n) is 7.68. The molecule has 5 nitrogen and oxygen atoms in total. The van der Waals surface area contributed by atoms with Crippen LogP contribution in [-0.2, 0) is 9.53 Å². The Bertz CT molecular complexity index is 573. The second kappa shape index (κ2) is 5.97. The molecular weight excluding hydrogens is 302 g/mol. The van der Waals surface area contributed by atoms with E-state index in [1.54, 1.807) is 0 Å². The number of ether oxygens (including phenoxy) is 1. The van der Waals surface area contributed by atoms with Gasteiger partial charge in [0, 0.05) is 11.6 Å². The number of hydrogen-bond donors (Lipinski definition) is 2. The summed E-state index contributed by atoms with van der Waals surface area (Å²) in [6, 6.07) is 5.45. The Morgan fingerprint density at radius 2 is 2.14 bits per heavy atom. The number of nitrogens with one attached hydrogen (secondary N) is 2. The van der Waals surface area contributed by atoms with E-state index in [9.17, 15) is 4.79 Å². The van der Waals surface area contributed by atoms with E-state index in [4.69, 9.17) is 16.3 Å². The molecule has 1 spiro atoms. The normalized spacial score (nSPS) is 21.0. The van der Waals surface area contributed by atoms with E-state index < -0.39 is 0 Å². The monoisotopic (exact) mass is 323 g/mol. The first kappa shape index (κ1) is 15.4. The lowest BCUT2D eigenvalue weighted by Crippen LogP contribution is -2.60. The quantitative estimate of drug-likeness (QED) is 0.818. The first-order valence-corrected chi connectivity index (χ1v) is 8.05. The van der Waals surface area contributed by atoms with Crippen molar-refractivity contribution in [1.82, 2.24) is 5.32 Å². The van der Waals surface area contributed by atoms with Crippen molar-refractivity contribution in [3.8, 4) is 0 Å². The zero-order valence-electron chi connectivity index (χ0n) is 13.0. The SMILES string of the molecule is COC(=O)C(C)N1CC2(CCNCC2)Nc2cc(Cl)ccc21. The number of halogens is 1. The highest BCUT2D eigenvalue weighted by Crippen LogP contribution is 2.40. The molecule has 1 atom stereocenters. The van der Waals surface area contributed by atoms with Crippen LogP contribution in [0.4, 0.5) is 11.4 Å². The van der Waals surface area contributed by atoms with E-state index in [-0.39, 0.29) is 17.6 Å². The molecule has 6 heteroatoms. The van der Waals surface area contributed by atoms with E-state index in [0.29, 0.717) is 5.02 Å². The van der Waals surface area contributed by atoms with Crippen LogP contribution in [0, 0.1) is 0 Å². The second-order valence-corrected chi connectivity index (χ2v) is 6.58. The number of fused-ring (bicyclic) bond motifs is 1. The van der Waals surface area contributed by atoms with Gasteiger partial charge >= 0.3 is 5.97 Å². The van der Waals surface area contributed by atoms with Crippen molar-refractivity contribution in [2.75, 3.05) is 37.0 Å². The van der Waals surface area contributed by atoms with Gasteiger partial charge in [0.1, 0.15) is 6.04 Å². The molecule has 2 aliphatic heterocycles. The number of carbonyl (C=O) groups excluding carboxylic acids is 1. The highest BCUT2D eigenvalue weighted by Gasteiger charge is 2.41. The molecule has 0 aromatic heterocycles. The summed E-state index contributed by atoms with van der Waals surface area (Å²) < 4.78 is 4.94. The fourth-order valence-electron chi connectivity index (χ4n) is 3.43. The summed E-state index contributed by atoms with van der Waals surface area (Å²) in [5.74, 6) is -0.216. The lowest BCUT2D eigenvalue weighted by Gasteiger charge is -2.49. The molecule has 120 valence electrons. The van der Waals surface area contributed by atoms with Crippen LogP contribution in [0.25, 0.3) is 0 Å². The summed E-state index contributed by atoms with van der Waals surface area (Å²) in [6.07, 6.45) is 2.03. The van der Waals surface area contributed by atoms with Gasteiger partial charge in [-0.05, 0) is 51.1 Å². The minimum atomic E-state index is -0.321. The number of nitrogens with zero attached hydrogens (tertiary/aromatic N) is 1. The van der Waals surface area contributed by atoms with Crippen LogP contribution in [0.2, 0.25) is 5.02 Å². The highest BCUT2D eigenvalue weighted by molar-refractivity contribution is 6.31. The zero-order chi connectivity index (χ0) is 15.7. The van der Waals surface area contributed by atoms with E-state index in [2.05, 4.69) is 15.5 Å². The van der Waals surface area contributed by atoms with Gasteiger partial charge in [0.25, 0.3) is 0 Å². The van der Waals surface area contributed by atoms with Gasteiger partial charge < -0.3 is 20.3 Å². The number of carbonyl (C=O) groups is 1. The molecule has 1 fully saturated rings. The van der Waals surface area contributed by atoms with E-state index >= 15 is 0 Å². The van der Waals surface area contributed by atoms with E-state index in [0.717, 1.165) is 43.9 Å². The molecule has 1 saturated heterocycles. The molecule has 1 aromatic rings. The van der Waals surface area contributed by atoms with Gasteiger partial charge in [-0.1, -0.05) is 11.6 Å². The zero-order valence-corrected chi connectivity index (χ0v) is 13.7. The topological polar surface area (TPSA) is 53.6 Å². The van der Waals surface area contributed by atoms with Gasteiger partial charge in [-0.25, -0.2) is 4.79 Å². The Labute approximate surface area is 136 Å². The van der Waals surface area contributed by atoms with Crippen molar-refractivity contribution < 1.29 is 9.53 Å². The molecule has 1 aromatic carbocycles. The third-order valence-electron chi connectivity index (χ3n) is 4.71. The maximum atomic E-state index is 12.0. The number of benzene rings is 1. The summed E-state index contributed by atoms with van der Waals surface area (Å²) in [4.78, 5) is 14.2. The third kappa shape index (κ3) is 2.75. The van der Waals surface area contributed by atoms with E-state index in [1.165, 1.54) is 7.11 Å². The van der Waals surface area contributed by atoms with Crippen LogP contribution >= 0.6 is 11.6 Å². The largest absolute Gasteiger partial charge is 0.467 e. The van der Waals surface area contributed by atoms with Crippen molar-refractivity contribution in [3.63, 3.8) is 0 Å². The summed E-state index contributed by atoms with van der Waals surface area (Å²) in [7, 11) is 1.43. The predicted octanol–water partition coefficient (Wildman–Crippen LogP) is 2.26. The van der Waals surface area contributed by atoms with Gasteiger partial charge in [-0.15, -0.1) is 0 Å². The number of anilines is 2. The molecule has 3 rings (SSSR count). The van der Waals surface area contributed by atoms with Crippen molar-refractivity contribution >= 4 is 28.9 Å². The van der Waals surface area contributed by atoms with Gasteiger partial charge in [0.2, 0.25) is 0 Å². The van der Waals surface area contributed by atoms with E-state index in [1.807, 2.05) is 25.1 Å². The summed E-state index contributed by atoms with van der Waals surface area (Å²) >= 11 is 6.16. The van der Waals surface area contributed by atoms with Crippen LogP contribution in [0.5, 0.6) is 0 Å². The Morgan fingerprint density at radius 3 is 2.82 bits per heavy atom. The smallest absolute Gasteiger partial charge is 0.328 e. The molecule has 22 heavy (non-hydrogen) atoms. The number of hydrogen-bond acceptors (Lipinski definition) is 5. The third-order valence-corrected chi connectivity index (χ3v) is 4.95. The number of esters is 1. The van der Waals surface area contributed by atoms with Crippen molar-refractivity contribution in [2.24, 2.45) is 0 Å². The lowest BCUT2D eigenvalue weighted by atomic mass is 9.84. The first-order chi connectivity index (χ1) is 10.5. The Morgan fingerprint density at radius 1 is 1.41 bits per heavy atom. The molecule has 2 aliphatic rings. The molecule has 1 unspecified atom stereocenters. The fraction of sp³-hybridized carbons (Fsp3) is 0.562. The second-order valence-electron chi connectivity index (χ2n) is 6.14. The molecule has 0 saturated carbocycles. The van der Waals surface area contributed by atoms with Crippen LogP contribution < -0.4 is 15.5 Å². The number of rotatable bonds is 2. The minimum Gasteiger partial charge on any atom is -0.467 e. The lowest BCUT2D eigenvalue weighted by molar-refractivity contribution is -0.141. The molecule has 2 heterocycles. The van der Waals surface area contributed by atoms with Crippen molar-refractivity contribution in [2.45, 2.75) is 31.3 Å². The summed E-state index contributed by atoms with van der Waals surface area (Å²) in [5.41, 5.74) is 1.98. The highest BCUT2D eigenvalue weighted by atomic mass is 35.5. The van der Waals surface area contributed by atoms with Crippen molar-refractivity contribution in [1.29, 1.82) is 0 Å². The molecule has 0 amide bonds. The van der Waals surface area contributed by atoms with Crippen LogP contribution in [0.15, 0.2) is 18.2 Å². The predicted molar refractivity (Wildman–Crippen MR) is 88.7 cm³/mol. The Kier molecular flexibility index (Phi) is 4.19. The standard InChI is InChI=1S/C16H22ClN3O2/c1-11(15(21)22-2)20-10-16(5-7-18-8-6-16)19-13-9-12(17)3-4-14(13)20/h3-4,9,11,18-19H,5-8,10H2,1-2H3. The molecule has 2 N–H and O–H groups in total. The molecular formula is C16H22ClN3O2. The van der Waals surface area contributed by atoms with Crippen molar-refractivity contribution in [3.05, 3.63) is 23.2 Å². The van der Waals surface area contributed by atoms with Crippen LogP contribution in [-0.4, -0.2) is 44.3 Å². The Balaban J connectivity index is 1.99. The van der Waals surface area contributed by atoms with Crippen LogP contribution in [0.1, 0.15) is 19.8 Å². The summed E-state index contributed by atoms with van der Waals surface area (Å²) in [6.45, 7) is 4.64. The van der Waals surface area contributed by atoms with Gasteiger partial charge in [-0.3, -0.25) is 0 Å². The fourth-order valence-corrected chi connectivity index (χ4v) is 3.60. The van der Waals surface area contributed by atoms with Gasteiger partial charge in [0.05, 0.1) is 24.0 Å². The number of methoxy groups -OCH3 is 1. The number of piperidine rings is 1. The van der Waals surface area contributed by atoms with Gasteiger partial charge in [0.15, 0.2) is 0 Å². The Hall–Kier alpha value is -1.46. The average molecular weight is 324 g/mol. The maximum absolute atomic E-state index is 12.0. The average Bonchev–Trinajstić information content (AvgIpc) is 2.53. The maximum Gasteiger partial charge on any atom is 0.328 e. The molecule has 0 aliphatic carbocycles.